The van der Waals surface area contributed by atoms with E-state index in [1.54, 1.807) is 42.5 Å². The molecule has 10 atom stereocenters. The van der Waals surface area contributed by atoms with E-state index in [0.29, 0.717) is 41.7 Å². The number of hydrogen-bond acceptors (Lipinski definition) is 17. The molecule has 0 spiro atoms. The Hall–Kier alpha value is -8.73. The summed E-state index contributed by atoms with van der Waals surface area (Å²) in [4.78, 5) is 152. The number of thioether (sulfide) groups is 1. The number of phenols is 2. The van der Waals surface area contributed by atoms with Gasteiger partial charge in [-0.3, -0.25) is 47.9 Å². The van der Waals surface area contributed by atoms with E-state index in [0.717, 1.165) is 5.56 Å². The van der Waals surface area contributed by atoms with Crippen molar-refractivity contribution in [3.63, 3.8) is 0 Å². The van der Waals surface area contributed by atoms with Crippen molar-refractivity contribution in [1.29, 1.82) is 0 Å². The van der Waals surface area contributed by atoms with Gasteiger partial charge in [0.1, 0.15) is 65.9 Å². The third-order valence-electron chi connectivity index (χ3n) is 14.8. The van der Waals surface area contributed by atoms with Gasteiger partial charge in [-0.2, -0.15) is 24.4 Å². The predicted octanol–water partition coefficient (Wildman–Crippen LogP) is -0.643. The van der Waals surface area contributed by atoms with Crippen molar-refractivity contribution in [1.82, 2.24) is 47.4 Å². The van der Waals surface area contributed by atoms with E-state index >= 15 is 0 Å². The number of thiol groups is 1. The number of carboxylic acids is 1. The first-order valence-electron chi connectivity index (χ1n) is 29.4. The first-order chi connectivity index (χ1) is 43.0. The molecule has 1 aliphatic rings. The van der Waals surface area contributed by atoms with E-state index in [1.807, 2.05) is 36.6 Å². The Kier molecular flexibility index (Phi) is 29.3. The number of amides is 10. The molecule has 5 rings (SSSR count). The molecule has 1 fully saturated rings. The minimum absolute atomic E-state index is 0.00141. The fourth-order valence-electron chi connectivity index (χ4n) is 9.84. The molecule has 486 valence electrons. The molecule has 26 nitrogen and oxygen atoms in total. The van der Waals surface area contributed by atoms with E-state index in [-0.39, 0.29) is 75.3 Å². The molecular formula is C62H82N12O14S2. The van der Waals surface area contributed by atoms with Gasteiger partial charge in [0.15, 0.2) is 0 Å². The molecule has 1 heterocycles. The van der Waals surface area contributed by atoms with Gasteiger partial charge in [0, 0.05) is 31.6 Å². The van der Waals surface area contributed by atoms with Crippen LogP contribution in [0, 0.1) is 0 Å². The highest BCUT2D eigenvalue weighted by atomic mass is 32.2. The van der Waals surface area contributed by atoms with E-state index in [1.165, 1.54) is 60.0 Å². The lowest BCUT2D eigenvalue weighted by atomic mass is 10.0. The number of nitrogens with zero attached hydrogens (tertiary/aromatic N) is 1. The highest BCUT2D eigenvalue weighted by Gasteiger charge is 2.41. The van der Waals surface area contributed by atoms with Crippen LogP contribution in [0.3, 0.4) is 0 Å². The summed E-state index contributed by atoms with van der Waals surface area (Å²) >= 11 is 5.68. The Labute approximate surface area is 531 Å². The van der Waals surface area contributed by atoms with E-state index in [9.17, 15) is 68.1 Å². The Bertz CT molecular complexity index is 3080. The van der Waals surface area contributed by atoms with Crippen LogP contribution >= 0.6 is 24.4 Å². The van der Waals surface area contributed by atoms with Crippen molar-refractivity contribution in [2.75, 3.05) is 30.9 Å². The summed E-state index contributed by atoms with van der Waals surface area (Å²) in [5.41, 5.74) is 19.6. The Morgan fingerprint density at radius 2 is 1.01 bits per heavy atom. The Morgan fingerprint density at radius 1 is 0.556 bits per heavy atom. The van der Waals surface area contributed by atoms with Gasteiger partial charge in [0.25, 0.3) is 0 Å². The van der Waals surface area contributed by atoms with Crippen LogP contribution in [-0.2, 0) is 78.4 Å². The second-order valence-electron chi connectivity index (χ2n) is 21.8. The smallest absolute Gasteiger partial charge is 0.326 e. The highest BCUT2D eigenvalue weighted by Crippen LogP contribution is 2.22. The van der Waals surface area contributed by atoms with Crippen LogP contribution in [0.1, 0.15) is 74.1 Å². The fraction of sp³-hybridized carbons (Fsp3) is 0.435. The molecule has 0 aromatic heterocycles. The summed E-state index contributed by atoms with van der Waals surface area (Å²) in [6.07, 6.45) is 2.26. The quantitative estimate of drug-likeness (QED) is 0.0199. The molecular weight excluding hydrogens is 1200 g/mol. The second kappa shape index (κ2) is 36.7. The molecule has 10 amide bonds. The number of aliphatic carboxylic acids is 1. The normalized spacial score (nSPS) is 15.7. The lowest BCUT2D eigenvalue weighted by molar-refractivity contribution is -0.143. The number of hydrogen-bond donors (Lipinski definition) is 15. The molecule has 4 aromatic rings. The maximum Gasteiger partial charge on any atom is 0.326 e. The number of unbranched alkanes of at least 4 members (excludes halogenated alkanes) is 1. The number of carboxylic acid groups (broad SMARTS) is 1. The number of nitrogens with one attached hydrogen (secondary N) is 8. The minimum atomic E-state index is -1.66. The monoisotopic (exact) mass is 1280 g/mol. The second-order valence-corrected chi connectivity index (χ2v) is 23.2. The summed E-state index contributed by atoms with van der Waals surface area (Å²) in [6.45, 7) is 1.66. The third-order valence-corrected chi connectivity index (χ3v) is 15.8. The molecule has 17 N–H and O–H groups in total. The van der Waals surface area contributed by atoms with Crippen molar-refractivity contribution in [2.24, 2.45) is 17.2 Å². The Morgan fingerprint density at radius 3 is 1.56 bits per heavy atom. The average Bonchev–Trinajstić information content (AvgIpc) is 2.90. The zero-order valence-corrected chi connectivity index (χ0v) is 51.9. The summed E-state index contributed by atoms with van der Waals surface area (Å²) in [5, 5.41) is 50.6. The molecule has 28 heteroatoms. The molecule has 0 aliphatic carbocycles. The van der Waals surface area contributed by atoms with Gasteiger partial charge in [-0.25, -0.2) is 4.79 Å². The maximum atomic E-state index is 14.9. The first kappa shape index (κ1) is 72.0. The van der Waals surface area contributed by atoms with Crippen LogP contribution in [0.4, 0.5) is 0 Å². The number of carbonyl (C=O) groups excluding carboxylic acids is 10. The predicted molar refractivity (Wildman–Crippen MR) is 339 cm³/mol. The summed E-state index contributed by atoms with van der Waals surface area (Å²) in [5.74, 6) is -9.82. The molecule has 1 aliphatic heterocycles. The molecule has 0 radical (unpaired) electrons. The van der Waals surface area contributed by atoms with Crippen LogP contribution in [-0.4, -0.2) is 177 Å². The number of carbonyl (C=O) groups is 11. The number of rotatable bonds is 36. The number of nitrogens with two attached hydrogens (primary N) is 3. The van der Waals surface area contributed by atoms with Gasteiger partial charge in [0.05, 0.1) is 12.5 Å². The first-order valence-corrected chi connectivity index (χ1v) is 31.5. The summed E-state index contributed by atoms with van der Waals surface area (Å²) < 4.78 is 0. The number of primary amides is 1. The fourth-order valence-corrected chi connectivity index (χ4v) is 10.6. The van der Waals surface area contributed by atoms with Crippen molar-refractivity contribution < 1.29 is 68.1 Å². The van der Waals surface area contributed by atoms with Gasteiger partial charge in [-0.15, -0.1) is 0 Å². The number of benzene rings is 4. The number of aromatic hydroxyl groups is 2. The van der Waals surface area contributed by atoms with Gasteiger partial charge >= 0.3 is 5.97 Å². The Balaban J connectivity index is 1.34. The van der Waals surface area contributed by atoms with Crippen molar-refractivity contribution in [3.8, 4) is 11.5 Å². The third kappa shape index (κ3) is 23.3. The van der Waals surface area contributed by atoms with Crippen LogP contribution in [0.5, 0.6) is 11.5 Å². The summed E-state index contributed by atoms with van der Waals surface area (Å²) in [7, 11) is 0. The van der Waals surface area contributed by atoms with Crippen LogP contribution in [0.25, 0.3) is 0 Å². The topological polar surface area (TPSA) is 426 Å². The maximum absolute atomic E-state index is 14.9. The zero-order chi connectivity index (χ0) is 65.9. The van der Waals surface area contributed by atoms with Crippen LogP contribution in [0.15, 0.2) is 109 Å². The minimum Gasteiger partial charge on any atom is -0.508 e. The summed E-state index contributed by atoms with van der Waals surface area (Å²) in [6, 6.07) is 15.9. The van der Waals surface area contributed by atoms with Crippen molar-refractivity contribution >= 4 is 89.4 Å². The molecule has 0 unspecified atom stereocenters. The molecule has 0 saturated carbocycles. The standard InChI is InChI=1S/C62H82N12O14S2/c1-36(66-56(81)46(32-39-18-22-41(75)23-19-39)69-55(80)44(26-29-90-2)67-54(79)43(64)30-37-12-5-3-6-13-37)53(78)72-49(33-40-20-24-42(76)25-21-40)61(86)74-28-11-17-51(74)60(85)71-47(31-38-14-7-4-8-15-38)57(82)73-50(35-89)59(84)70-48(34-52(65)77)58(83)68-45(62(87)88)16-9-10-27-63/h3-8,12-15,18-25,36,43-51,75-76,89H,9-11,16-17,26-35,63-64H2,1-2H3,(H2,65,77)(H,66,81)(H,67,79)(H,68,83)(H,69,80)(H,70,84)(H,71,85)(H,72,78)(H,73,82)(H,87,88)/t36-,43-,44-,45-,46-,47-,48-,49-,50-,51-/m0/s1. The largest absolute Gasteiger partial charge is 0.508 e. The lowest BCUT2D eigenvalue weighted by Crippen LogP contribution is -2.61. The van der Waals surface area contributed by atoms with E-state index < -0.39 is 132 Å². The number of likely N-dealkylation sites (tertiary alicyclic amines) is 1. The van der Waals surface area contributed by atoms with Gasteiger partial charge in [0.2, 0.25) is 59.1 Å². The van der Waals surface area contributed by atoms with Crippen molar-refractivity contribution in [3.05, 3.63) is 131 Å². The van der Waals surface area contributed by atoms with E-state index in [2.05, 4.69) is 55.2 Å². The average molecular weight is 1280 g/mol. The van der Waals surface area contributed by atoms with Crippen molar-refractivity contribution in [2.45, 2.75) is 138 Å². The van der Waals surface area contributed by atoms with Crippen LogP contribution in [0.2, 0.25) is 0 Å². The molecule has 0 bridgehead atoms. The van der Waals surface area contributed by atoms with Gasteiger partial charge in [-0.1, -0.05) is 84.9 Å². The molecule has 1 saturated heterocycles. The zero-order valence-electron chi connectivity index (χ0n) is 50.1. The van der Waals surface area contributed by atoms with Gasteiger partial charge in [-0.05, 0) is 117 Å². The van der Waals surface area contributed by atoms with E-state index in [4.69, 9.17) is 17.2 Å². The lowest BCUT2D eigenvalue weighted by Gasteiger charge is -2.31. The van der Waals surface area contributed by atoms with Crippen LogP contribution < -0.4 is 59.7 Å². The highest BCUT2D eigenvalue weighted by molar-refractivity contribution is 7.98. The SMILES string of the molecule is CSCC[C@H](NC(=O)[C@@H](N)Cc1ccccc1)C(=O)N[C@@H](Cc1ccc(O)cc1)C(=O)N[C@@H](C)C(=O)N[C@@H](Cc1ccc(O)cc1)C(=O)N1CCC[C@H]1C(=O)N[C@@H](Cc1ccccc1)C(=O)N[C@@H](CS)C(=O)N[C@@H](CC(N)=O)C(=O)N[C@@H](CCCCN)C(=O)O. The number of phenolic OH excluding ortho intramolecular Hbond substituents is 2. The molecule has 90 heavy (non-hydrogen) atoms. The molecule has 4 aromatic carbocycles. The van der Waals surface area contributed by atoms with Gasteiger partial charge < -0.3 is 80.0 Å².